The van der Waals surface area contributed by atoms with Gasteiger partial charge in [0.25, 0.3) is 11.5 Å². The number of aromatic nitrogens is 2. The number of para-hydroxylation sites is 2. The average molecular weight is 314 g/mol. The van der Waals surface area contributed by atoms with Gasteiger partial charge in [-0.25, -0.2) is 4.98 Å². The van der Waals surface area contributed by atoms with Crippen LogP contribution < -0.4 is 16.2 Å². The molecule has 23 heavy (non-hydrogen) atoms. The zero-order chi connectivity index (χ0) is 16.4. The van der Waals surface area contributed by atoms with Gasteiger partial charge < -0.3 is 15.2 Å². The molecule has 1 aromatic heterocycles. The fourth-order valence-corrected chi connectivity index (χ4v) is 2.73. The van der Waals surface area contributed by atoms with Crippen LogP contribution in [0.2, 0.25) is 0 Å². The van der Waals surface area contributed by atoms with Crippen LogP contribution in [0.4, 0.5) is 0 Å². The van der Waals surface area contributed by atoms with Gasteiger partial charge in [0.05, 0.1) is 11.0 Å². The van der Waals surface area contributed by atoms with Crippen molar-refractivity contribution in [3.63, 3.8) is 0 Å². The molecule has 1 aromatic carbocycles. The summed E-state index contributed by atoms with van der Waals surface area (Å²) in [6.45, 7) is 0.612. The molecule has 1 fully saturated rings. The molecule has 3 rings (SSSR count). The fourth-order valence-electron chi connectivity index (χ4n) is 2.73. The third-order valence-corrected chi connectivity index (χ3v) is 4.04. The Morgan fingerprint density at radius 3 is 2.91 bits per heavy atom. The maximum Gasteiger partial charge on any atom is 0.282 e. The summed E-state index contributed by atoms with van der Waals surface area (Å²) >= 11 is 0. The van der Waals surface area contributed by atoms with E-state index >= 15 is 0 Å². The Kier molecular flexibility index (Phi) is 4.10. The van der Waals surface area contributed by atoms with Gasteiger partial charge in [-0.15, -0.1) is 0 Å². The first kappa shape index (κ1) is 15.2. The molecule has 1 aliphatic heterocycles. The highest BCUT2D eigenvalue weighted by Gasteiger charge is 2.25. The summed E-state index contributed by atoms with van der Waals surface area (Å²) in [6.07, 6.45) is 2.28. The van der Waals surface area contributed by atoms with Crippen molar-refractivity contribution in [2.75, 3.05) is 6.54 Å². The molecule has 1 saturated heterocycles. The highest BCUT2D eigenvalue weighted by molar-refractivity contribution is 5.97. The summed E-state index contributed by atoms with van der Waals surface area (Å²) in [7, 11) is 1.60. The molecule has 2 heterocycles. The van der Waals surface area contributed by atoms with E-state index in [2.05, 4.69) is 15.6 Å². The minimum atomic E-state index is -0.622. The van der Waals surface area contributed by atoms with Gasteiger partial charge in [-0.1, -0.05) is 12.1 Å². The Hall–Kier alpha value is -2.70. The van der Waals surface area contributed by atoms with E-state index < -0.39 is 17.5 Å². The summed E-state index contributed by atoms with van der Waals surface area (Å²) in [6, 6.07) is 6.48. The van der Waals surface area contributed by atoms with E-state index in [0.29, 0.717) is 24.0 Å². The molecule has 7 nitrogen and oxygen atoms in total. The zero-order valence-corrected chi connectivity index (χ0v) is 12.8. The van der Waals surface area contributed by atoms with Crippen molar-refractivity contribution in [1.82, 2.24) is 20.2 Å². The highest BCUT2D eigenvalue weighted by atomic mass is 16.2. The molecule has 2 N–H and O–H groups in total. The highest BCUT2D eigenvalue weighted by Crippen LogP contribution is 2.10. The van der Waals surface area contributed by atoms with Crippen molar-refractivity contribution < 1.29 is 9.59 Å². The van der Waals surface area contributed by atoms with E-state index in [1.807, 2.05) is 0 Å². The van der Waals surface area contributed by atoms with Crippen LogP contribution in [-0.4, -0.2) is 34.0 Å². The largest absolute Gasteiger partial charge is 0.354 e. The Morgan fingerprint density at radius 2 is 2.09 bits per heavy atom. The minimum Gasteiger partial charge on any atom is -0.354 e. The van der Waals surface area contributed by atoms with Gasteiger partial charge in [-0.3, -0.25) is 14.4 Å². The lowest BCUT2D eigenvalue weighted by Gasteiger charge is -2.15. The predicted molar refractivity (Wildman–Crippen MR) is 85.1 cm³/mol. The van der Waals surface area contributed by atoms with Crippen molar-refractivity contribution >= 4 is 22.8 Å². The molecular weight excluding hydrogens is 296 g/mol. The number of fused-ring (bicyclic) bond motifs is 1. The fraction of sp³-hybridized carbons (Fsp3) is 0.375. The number of carbonyl (C=O) groups is 2. The van der Waals surface area contributed by atoms with E-state index in [4.69, 9.17) is 0 Å². The zero-order valence-electron chi connectivity index (χ0n) is 12.8. The summed E-state index contributed by atoms with van der Waals surface area (Å²) in [5, 5.41) is 5.38. The van der Waals surface area contributed by atoms with Gasteiger partial charge in [0.15, 0.2) is 5.69 Å². The smallest absolute Gasteiger partial charge is 0.282 e. The third-order valence-electron chi connectivity index (χ3n) is 4.04. The van der Waals surface area contributed by atoms with E-state index in [9.17, 15) is 14.4 Å². The summed E-state index contributed by atoms with van der Waals surface area (Å²) in [4.78, 5) is 40.9. The molecule has 7 heteroatoms. The number of amides is 2. The van der Waals surface area contributed by atoms with Gasteiger partial charge in [-0.2, -0.15) is 0 Å². The summed E-state index contributed by atoms with van der Waals surface area (Å²) < 4.78 is 1.39. The monoisotopic (exact) mass is 314 g/mol. The SMILES string of the molecule is Cn1c(=O)c(C(=O)N[C@H]2CCCCNC2=O)nc2ccccc21. The molecule has 0 unspecified atom stereocenters. The van der Waals surface area contributed by atoms with Crippen molar-refractivity contribution in [2.45, 2.75) is 25.3 Å². The normalized spacial score (nSPS) is 18.3. The third kappa shape index (κ3) is 2.94. The van der Waals surface area contributed by atoms with Crippen LogP contribution in [0, 0.1) is 0 Å². The first-order valence-electron chi connectivity index (χ1n) is 7.62. The Balaban J connectivity index is 1.93. The lowest BCUT2D eigenvalue weighted by atomic mass is 10.1. The Labute approximate surface area is 132 Å². The van der Waals surface area contributed by atoms with Gasteiger partial charge in [0.1, 0.15) is 6.04 Å². The predicted octanol–water partition coefficient (Wildman–Crippen LogP) is 0.332. The second kappa shape index (κ2) is 6.20. The molecule has 0 bridgehead atoms. The van der Waals surface area contributed by atoms with Crippen LogP contribution in [0.5, 0.6) is 0 Å². The van der Waals surface area contributed by atoms with Crippen LogP contribution in [0.15, 0.2) is 29.1 Å². The topological polar surface area (TPSA) is 93.1 Å². The van der Waals surface area contributed by atoms with Crippen LogP contribution in [0.1, 0.15) is 29.8 Å². The standard InChI is InChI=1S/C16H18N4O3/c1-20-12-8-3-2-6-10(12)18-13(16(20)23)15(22)19-11-7-4-5-9-17-14(11)21/h2-3,6,8,11H,4-5,7,9H2,1H3,(H,17,21)(H,19,22)/t11-/m0/s1. The quantitative estimate of drug-likeness (QED) is 0.835. The van der Waals surface area contributed by atoms with Crippen molar-refractivity contribution in [1.29, 1.82) is 0 Å². The molecule has 0 saturated carbocycles. The van der Waals surface area contributed by atoms with E-state index in [1.54, 1.807) is 31.3 Å². The first-order valence-corrected chi connectivity index (χ1v) is 7.62. The van der Waals surface area contributed by atoms with E-state index in [-0.39, 0.29) is 11.6 Å². The maximum absolute atomic E-state index is 12.4. The molecular formula is C16H18N4O3. The average Bonchev–Trinajstić information content (AvgIpc) is 2.75. The van der Waals surface area contributed by atoms with Crippen molar-refractivity contribution in [2.24, 2.45) is 7.05 Å². The number of benzene rings is 1. The number of rotatable bonds is 2. The van der Waals surface area contributed by atoms with Crippen LogP contribution in [0.25, 0.3) is 11.0 Å². The molecule has 1 aliphatic rings. The number of hydrogen-bond donors (Lipinski definition) is 2. The molecule has 0 aliphatic carbocycles. The van der Waals surface area contributed by atoms with Gasteiger partial charge in [0.2, 0.25) is 5.91 Å². The minimum absolute atomic E-state index is 0.191. The molecule has 2 aromatic rings. The van der Waals surface area contributed by atoms with Gasteiger partial charge >= 0.3 is 0 Å². The van der Waals surface area contributed by atoms with Crippen LogP contribution in [-0.2, 0) is 11.8 Å². The first-order chi connectivity index (χ1) is 11.1. The Bertz CT molecular complexity index is 828. The number of hydrogen-bond acceptors (Lipinski definition) is 4. The molecule has 1 atom stereocenters. The maximum atomic E-state index is 12.4. The van der Waals surface area contributed by atoms with Crippen LogP contribution >= 0.6 is 0 Å². The number of nitrogens with one attached hydrogen (secondary N) is 2. The second-order valence-corrected chi connectivity index (χ2v) is 5.63. The van der Waals surface area contributed by atoms with E-state index in [0.717, 1.165) is 12.8 Å². The van der Waals surface area contributed by atoms with Crippen LogP contribution in [0.3, 0.4) is 0 Å². The van der Waals surface area contributed by atoms with Gasteiger partial charge in [0, 0.05) is 13.6 Å². The summed E-state index contributed by atoms with van der Waals surface area (Å²) in [5.74, 6) is -0.827. The second-order valence-electron chi connectivity index (χ2n) is 5.63. The molecule has 0 radical (unpaired) electrons. The molecule has 120 valence electrons. The lowest BCUT2D eigenvalue weighted by molar-refractivity contribution is -0.122. The Morgan fingerprint density at radius 1 is 1.30 bits per heavy atom. The lowest BCUT2D eigenvalue weighted by Crippen LogP contribution is -2.47. The van der Waals surface area contributed by atoms with Crippen molar-refractivity contribution in [3.05, 3.63) is 40.3 Å². The molecule has 0 spiro atoms. The molecule has 2 amide bonds. The summed E-state index contributed by atoms with van der Waals surface area (Å²) in [5.41, 5.74) is 0.546. The number of nitrogens with zero attached hydrogens (tertiary/aromatic N) is 2. The number of aryl methyl sites for hydroxylation is 1. The van der Waals surface area contributed by atoms with E-state index in [1.165, 1.54) is 4.57 Å². The van der Waals surface area contributed by atoms with Gasteiger partial charge in [-0.05, 0) is 31.4 Å². The number of carbonyl (C=O) groups excluding carboxylic acids is 2. The van der Waals surface area contributed by atoms with Crippen molar-refractivity contribution in [3.8, 4) is 0 Å².